The summed E-state index contributed by atoms with van der Waals surface area (Å²) in [4.78, 5) is 49.3. The molecule has 0 radical (unpaired) electrons. The average molecular weight is 475 g/mol. The summed E-state index contributed by atoms with van der Waals surface area (Å²) in [7, 11) is 1.71. The number of amides is 2. The molecule has 2 amide bonds. The van der Waals surface area contributed by atoms with Gasteiger partial charge in [0.2, 0.25) is 0 Å². The lowest BCUT2D eigenvalue weighted by Crippen LogP contribution is -2.35. The molecule has 1 saturated carbocycles. The molecule has 35 heavy (non-hydrogen) atoms. The molecule has 11 heteroatoms. The molecule has 180 valence electrons. The Balaban J connectivity index is 1.38. The van der Waals surface area contributed by atoms with E-state index in [1.54, 1.807) is 42.7 Å². The SMILES string of the molecule is CN(CC1CCCO1)C(=O)c1ncccc1NC(=O)c1nc(C2CC2)cnc1Nc1cncnc1. The number of aromatic nitrogens is 5. The van der Waals surface area contributed by atoms with Gasteiger partial charge in [-0.25, -0.2) is 24.9 Å². The number of likely N-dealkylation sites (N-methyl/N-ethyl adjacent to an activating group) is 1. The van der Waals surface area contributed by atoms with Crippen molar-refractivity contribution in [3.63, 3.8) is 0 Å². The van der Waals surface area contributed by atoms with Gasteiger partial charge in [0.05, 0.1) is 41.8 Å². The maximum Gasteiger partial charge on any atom is 0.278 e. The van der Waals surface area contributed by atoms with Gasteiger partial charge in [0, 0.05) is 32.3 Å². The van der Waals surface area contributed by atoms with Crippen molar-refractivity contribution >= 4 is 29.0 Å². The molecule has 1 unspecified atom stereocenters. The Morgan fingerprint density at radius 2 is 1.94 bits per heavy atom. The molecule has 2 N–H and O–H groups in total. The van der Waals surface area contributed by atoms with Gasteiger partial charge in [-0.3, -0.25) is 9.59 Å². The lowest BCUT2D eigenvalue weighted by molar-refractivity contribution is 0.0583. The number of nitrogens with zero attached hydrogens (tertiary/aromatic N) is 6. The van der Waals surface area contributed by atoms with Gasteiger partial charge >= 0.3 is 0 Å². The van der Waals surface area contributed by atoms with Crippen molar-refractivity contribution in [1.82, 2.24) is 29.8 Å². The molecule has 3 aromatic heterocycles. The second-order valence-corrected chi connectivity index (χ2v) is 8.69. The number of hydrogen-bond donors (Lipinski definition) is 2. The Hall–Kier alpha value is -3.99. The summed E-state index contributed by atoms with van der Waals surface area (Å²) < 4.78 is 5.64. The number of pyridine rings is 1. The molecule has 1 aliphatic heterocycles. The predicted molar refractivity (Wildman–Crippen MR) is 127 cm³/mol. The van der Waals surface area contributed by atoms with Crippen LogP contribution in [0.3, 0.4) is 0 Å². The molecular weight excluding hydrogens is 448 g/mol. The zero-order valence-corrected chi connectivity index (χ0v) is 19.3. The maximum absolute atomic E-state index is 13.4. The molecule has 4 heterocycles. The molecule has 0 aromatic carbocycles. The van der Waals surface area contributed by atoms with Crippen LogP contribution in [0.4, 0.5) is 17.2 Å². The molecule has 2 fully saturated rings. The fourth-order valence-corrected chi connectivity index (χ4v) is 3.94. The van der Waals surface area contributed by atoms with E-state index in [0.29, 0.717) is 30.4 Å². The topological polar surface area (TPSA) is 135 Å². The predicted octanol–water partition coefficient (Wildman–Crippen LogP) is 2.79. The summed E-state index contributed by atoms with van der Waals surface area (Å²) >= 11 is 0. The summed E-state index contributed by atoms with van der Waals surface area (Å²) in [6, 6.07) is 3.31. The average Bonchev–Trinajstić information content (AvgIpc) is 3.61. The molecule has 11 nitrogen and oxygen atoms in total. The number of ether oxygens (including phenoxy) is 1. The first kappa shape index (κ1) is 22.8. The lowest BCUT2D eigenvalue weighted by Gasteiger charge is -2.21. The van der Waals surface area contributed by atoms with E-state index < -0.39 is 5.91 Å². The molecule has 1 atom stereocenters. The second kappa shape index (κ2) is 10.1. The first-order chi connectivity index (χ1) is 17.1. The van der Waals surface area contributed by atoms with Crippen molar-refractivity contribution in [3.05, 3.63) is 60.3 Å². The van der Waals surface area contributed by atoms with Crippen LogP contribution in [0.1, 0.15) is 58.3 Å². The van der Waals surface area contributed by atoms with E-state index in [-0.39, 0.29) is 29.2 Å². The van der Waals surface area contributed by atoms with Gasteiger partial charge in [-0.05, 0) is 37.8 Å². The van der Waals surface area contributed by atoms with Crippen molar-refractivity contribution in [2.24, 2.45) is 0 Å². The Kier molecular flexibility index (Phi) is 6.57. The van der Waals surface area contributed by atoms with E-state index in [1.165, 1.54) is 12.5 Å². The first-order valence-corrected chi connectivity index (χ1v) is 11.6. The quantitative estimate of drug-likeness (QED) is 0.505. The second-order valence-electron chi connectivity index (χ2n) is 8.69. The number of anilines is 3. The Bertz CT molecular complexity index is 1210. The summed E-state index contributed by atoms with van der Waals surface area (Å²) in [5.74, 6) is -0.212. The van der Waals surface area contributed by atoms with Gasteiger partial charge in [-0.15, -0.1) is 0 Å². The van der Waals surface area contributed by atoms with Crippen LogP contribution in [-0.4, -0.2) is 67.9 Å². The standard InChI is InChI=1S/C24H26N8O3/c1-32(13-17-4-3-9-35-17)24(34)20-18(5-2-8-27-20)31-23(33)21-22(29-16-10-25-14-26-11-16)28-12-19(30-21)15-6-7-15/h2,5,8,10-12,14-15,17H,3-4,6-7,9,13H2,1H3,(H,28,29)(H,31,33). The third-order valence-electron chi connectivity index (χ3n) is 5.93. The Morgan fingerprint density at radius 3 is 2.69 bits per heavy atom. The monoisotopic (exact) mass is 474 g/mol. The summed E-state index contributed by atoms with van der Waals surface area (Å²) in [6.45, 7) is 1.18. The third kappa shape index (κ3) is 5.40. The highest BCUT2D eigenvalue weighted by Crippen LogP contribution is 2.39. The minimum absolute atomic E-state index is 0.0155. The third-order valence-corrected chi connectivity index (χ3v) is 5.93. The molecule has 2 aliphatic rings. The smallest absolute Gasteiger partial charge is 0.278 e. The van der Waals surface area contributed by atoms with Gasteiger partial charge < -0.3 is 20.3 Å². The molecule has 3 aromatic rings. The van der Waals surface area contributed by atoms with Crippen molar-refractivity contribution < 1.29 is 14.3 Å². The molecule has 1 saturated heterocycles. The van der Waals surface area contributed by atoms with Crippen LogP contribution in [0.5, 0.6) is 0 Å². The lowest BCUT2D eigenvalue weighted by atomic mass is 10.2. The number of carbonyl (C=O) groups is 2. The number of nitrogens with one attached hydrogen (secondary N) is 2. The van der Waals surface area contributed by atoms with Gasteiger partial charge in [0.1, 0.15) is 6.33 Å². The van der Waals surface area contributed by atoms with Gasteiger partial charge in [-0.2, -0.15) is 0 Å². The largest absolute Gasteiger partial charge is 0.376 e. The van der Waals surface area contributed by atoms with Crippen LogP contribution in [0.2, 0.25) is 0 Å². The molecule has 1 aliphatic carbocycles. The minimum Gasteiger partial charge on any atom is -0.376 e. The maximum atomic E-state index is 13.4. The Labute approximate surface area is 202 Å². The van der Waals surface area contributed by atoms with Crippen LogP contribution >= 0.6 is 0 Å². The van der Waals surface area contributed by atoms with E-state index >= 15 is 0 Å². The van der Waals surface area contributed by atoms with Gasteiger partial charge in [0.25, 0.3) is 11.8 Å². The molecule has 0 bridgehead atoms. The zero-order chi connectivity index (χ0) is 24.2. The zero-order valence-electron chi connectivity index (χ0n) is 19.3. The summed E-state index contributed by atoms with van der Waals surface area (Å²) in [5.41, 5.74) is 1.91. The fourth-order valence-electron chi connectivity index (χ4n) is 3.94. The normalized spacial score (nSPS) is 17.1. The molecule has 0 spiro atoms. The number of hydrogen-bond acceptors (Lipinski definition) is 9. The van der Waals surface area contributed by atoms with Crippen molar-refractivity contribution in [1.29, 1.82) is 0 Å². The molecule has 5 rings (SSSR count). The van der Waals surface area contributed by atoms with Gasteiger partial charge in [0.15, 0.2) is 17.2 Å². The first-order valence-electron chi connectivity index (χ1n) is 11.6. The highest BCUT2D eigenvalue weighted by atomic mass is 16.5. The van der Waals surface area contributed by atoms with Crippen molar-refractivity contribution in [3.8, 4) is 0 Å². The van der Waals surface area contributed by atoms with Crippen LogP contribution in [-0.2, 0) is 4.74 Å². The summed E-state index contributed by atoms with van der Waals surface area (Å²) in [6.07, 6.45) is 11.7. The number of carbonyl (C=O) groups excluding carboxylic acids is 2. The molecular formula is C24H26N8O3. The van der Waals surface area contributed by atoms with Crippen LogP contribution < -0.4 is 10.6 Å². The van der Waals surface area contributed by atoms with E-state index in [9.17, 15) is 9.59 Å². The van der Waals surface area contributed by atoms with Gasteiger partial charge in [-0.1, -0.05) is 0 Å². The highest BCUT2D eigenvalue weighted by molar-refractivity contribution is 6.09. The van der Waals surface area contributed by atoms with E-state index in [1.807, 2.05) is 0 Å². The van der Waals surface area contributed by atoms with Crippen molar-refractivity contribution in [2.45, 2.75) is 37.7 Å². The number of rotatable bonds is 8. The summed E-state index contributed by atoms with van der Waals surface area (Å²) in [5, 5.41) is 5.87. The van der Waals surface area contributed by atoms with E-state index in [4.69, 9.17) is 4.74 Å². The van der Waals surface area contributed by atoms with E-state index in [0.717, 1.165) is 31.4 Å². The minimum atomic E-state index is -0.497. The Morgan fingerprint density at radius 1 is 1.11 bits per heavy atom. The highest BCUT2D eigenvalue weighted by Gasteiger charge is 2.29. The van der Waals surface area contributed by atoms with Crippen LogP contribution in [0, 0.1) is 0 Å². The van der Waals surface area contributed by atoms with Crippen LogP contribution in [0.15, 0.2) is 43.2 Å². The van der Waals surface area contributed by atoms with Crippen LogP contribution in [0.25, 0.3) is 0 Å². The fraction of sp³-hybridized carbons (Fsp3) is 0.375. The van der Waals surface area contributed by atoms with Crippen molar-refractivity contribution in [2.75, 3.05) is 30.8 Å². The van der Waals surface area contributed by atoms with E-state index in [2.05, 4.69) is 35.6 Å².